The number of nitro groups is 1. The highest BCUT2D eigenvalue weighted by atomic mass is 16.6. The van der Waals surface area contributed by atoms with Gasteiger partial charge in [-0.3, -0.25) is 14.9 Å². The normalized spacial score (nSPS) is 21.5. The van der Waals surface area contributed by atoms with Crippen LogP contribution in [0.1, 0.15) is 25.8 Å². The molecule has 1 saturated heterocycles. The second kappa shape index (κ2) is 6.22. The van der Waals surface area contributed by atoms with Crippen molar-refractivity contribution >= 4 is 11.6 Å². The Balaban J connectivity index is 2.09. The molecule has 1 aliphatic heterocycles. The number of nitrogens with zero attached hydrogens (tertiary/aromatic N) is 1. The summed E-state index contributed by atoms with van der Waals surface area (Å²) in [5.74, 6) is 0.193. The van der Waals surface area contributed by atoms with E-state index in [2.05, 4.69) is 10.6 Å². The van der Waals surface area contributed by atoms with Gasteiger partial charge in [-0.2, -0.15) is 0 Å². The third-order valence-corrected chi connectivity index (χ3v) is 4.37. The first-order valence-corrected chi connectivity index (χ1v) is 7.18. The van der Waals surface area contributed by atoms with Gasteiger partial charge in [0.15, 0.2) is 0 Å². The number of nitro benzene ring substituents is 1. The molecule has 0 aromatic heterocycles. The number of carbonyl (C=O) groups is 1. The topological polar surface area (TPSA) is 84.3 Å². The fourth-order valence-corrected chi connectivity index (χ4v) is 2.85. The van der Waals surface area contributed by atoms with Gasteiger partial charge in [0.25, 0.3) is 5.69 Å². The molecule has 2 N–H and O–H groups in total. The number of hydrogen-bond donors (Lipinski definition) is 2. The molecule has 6 nitrogen and oxygen atoms in total. The molecule has 0 saturated carbocycles. The number of rotatable bonds is 5. The van der Waals surface area contributed by atoms with Crippen LogP contribution in [0.15, 0.2) is 24.3 Å². The first kappa shape index (κ1) is 15.4. The molecule has 0 spiro atoms. The molecule has 21 heavy (non-hydrogen) atoms. The lowest BCUT2D eigenvalue weighted by atomic mass is 9.75. The summed E-state index contributed by atoms with van der Waals surface area (Å²) in [6.45, 7) is 5.75. The fourth-order valence-electron chi connectivity index (χ4n) is 2.85. The van der Waals surface area contributed by atoms with Crippen LogP contribution in [0, 0.1) is 21.4 Å². The van der Waals surface area contributed by atoms with E-state index in [1.807, 2.05) is 13.8 Å². The van der Waals surface area contributed by atoms with Gasteiger partial charge < -0.3 is 10.6 Å². The highest BCUT2D eigenvalue weighted by molar-refractivity contribution is 5.83. The maximum absolute atomic E-state index is 12.5. The maximum Gasteiger partial charge on any atom is 0.274 e. The second-order valence-electron chi connectivity index (χ2n) is 5.81. The van der Waals surface area contributed by atoms with Crippen molar-refractivity contribution in [2.75, 3.05) is 13.1 Å². The lowest BCUT2D eigenvalue weighted by Crippen LogP contribution is -2.45. The van der Waals surface area contributed by atoms with Crippen LogP contribution >= 0.6 is 0 Å². The van der Waals surface area contributed by atoms with Gasteiger partial charge in [-0.15, -0.1) is 0 Å². The minimum atomic E-state index is -0.420. The minimum Gasteiger partial charge on any atom is -0.351 e. The Morgan fingerprint density at radius 3 is 2.76 bits per heavy atom. The molecular formula is C15H21N3O3. The molecule has 1 heterocycles. The first-order chi connectivity index (χ1) is 9.97. The molecule has 0 bridgehead atoms. The van der Waals surface area contributed by atoms with Crippen molar-refractivity contribution in [2.24, 2.45) is 11.3 Å². The summed E-state index contributed by atoms with van der Waals surface area (Å²) >= 11 is 0. The van der Waals surface area contributed by atoms with Gasteiger partial charge in [-0.05, 0) is 18.9 Å². The molecule has 0 radical (unpaired) electrons. The summed E-state index contributed by atoms with van der Waals surface area (Å²) < 4.78 is 0. The number of benzene rings is 1. The molecule has 114 valence electrons. The lowest BCUT2D eigenvalue weighted by Gasteiger charge is -2.31. The van der Waals surface area contributed by atoms with E-state index in [0.717, 1.165) is 13.0 Å². The van der Waals surface area contributed by atoms with Gasteiger partial charge in [-0.1, -0.05) is 32.0 Å². The molecule has 1 aliphatic rings. The van der Waals surface area contributed by atoms with Crippen LogP contribution in [0.5, 0.6) is 0 Å². The van der Waals surface area contributed by atoms with Crippen molar-refractivity contribution in [3.63, 3.8) is 0 Å². The van der Waals surface area contributed by atoms with Crippen molar-refractivity contribution in [2.45, 2.75) is 26.8 Å². The highest BCUT2D eigenvalue weighted by Gasteiger charge is 2.43. The first-order valence-electron chi connectivity index (χ1n) is 7.18. The fraction of sp³-hybridized carbons (Fsp3) is 0.533. The Hall–Kier alpha value is -1.95. The molecule has 2 rings (SSSR count). The molecule has 1 fully saturated rings. The molecule has 1 amide bonds. The molecular weight excluding hydrogens is 270 g/mol. The molecule has 1 unspecified atom stereocenters. The van der Waals surface area contributed by atoms with Crippen LogP contribution in [0.2, 0.25) is 0 Å². The van der Waals surface area contributed by atoms with Crippen molar-refractivity contribution < 1.29 is 9.72 Å². The predicted octanol–water partition coefficient (Wildman–Crippen LogP) is 1.85. The van der Waals surface area contributed by atoms with Crippen LogP contribution in [-0.2, 0) is 11.3 Å². The predicted molar refractivity (Wildman–Crippen MR) is 79.7 cm³/mol. The van der Waals surface area contributed by atoms with E-state index < -0.39 is 10.3 Å². The van der Waals surface area contributed by atoms with Gasteiger partial charge in [-0.25, -0.2) is 0 Å². The Bertz CT molecular complexity index is 537. The van der Waals surface area contributed by atoms with Crippen molar-refractivity contribution in [3.05, 3.63) is 39.9 Å². The zero-order chi connectivity index (χ0) is 15.5. The van der Waals surface area contributed by atoms with Crippen LogP contribution in [0.25, 0.3) is 0 Å². The van der Waals surface area contributed by atoms with Gasteiger partial charge in [0.1, 0.15) is 0 Å². The average Bonchev–Trinajstić information content (AvgIpc) is 2.95. The summed E-state index contributed by atoms with van der Waals surface area (Å²) in [5, 5.41) is 17.1. The highest BCUT2D eigenvalue weighted by Crippen LogP contribution is 2.34. The largest absolute Gasteiger partial charge is 0.351 e. The standard InChI is InChI=1S/C15H21N3O3/c1-11(2)15(7-8-16-10-15)14(19)17-9-12-5-3-4-6-13(12)18(20)21/h3-6,11,16H,7-10H2,1-2H3,(H,17,19). The van der Waals surface area contributed by atoms with Crippen molar-refractivity contribution in [3.8, 4) is 0 Å². The Kier molecular flexibility index (Phi) is 4.57. The molecule has 1 aromatic carbocycles. The quantitative estimate of drug-likeness (QED) is 0.640. The van der Waals surface area contributed by atoms with E-state index in [0.29, 0.717) is 12.1 Å². The molecule has 1 aromatic rings. The van der Waals surface area contributed by atoms with E-state index in [1.54, 1.807) is 18.2 Å². The van der Waals surface area contributed by atoms with Gasteiger partial charge in [0, 0.05) is 24.7 Å². The number of hydrogen-bond acceptors (Lipinski definition) is 4. The Labute approximate surface area is 124 Å². The number of amides is 1. The van der Waals surface area contributed by atoms with Gasteiger partial charge >= 0.3 is 0 Å². The van der Waals surface area contributed by atoms with E-state index in [9.17, 15) is 14.9 Å². The van der Waals surface area contributed by atoms with Crippen molar-refractivity contribution in [1.82, 2.24) is 10.6 Å². The summed E-state index contributed by atoms with van der Waals surface area (Å²) in [5.41, 5.74) is 0.158. The zero-order valence-corrected chi connectivity index (χ0v) is 12.4. The monoisotopic (exact) mass is 291 g/mol. The van der Waals surface area contributed by atoms with Crippen molar-refractivity contribution in [1.29, 1.82) is 0 Å². The summed E-state index contributed by atoms with van der Waals surface area (Å²) in [6, 6.07) is 6.49. The number of nitrogens with one attached hydrogen (secondary N) is 2. The summed E-state index contributed by atoms with van der Waals surface area (Å²) in [7, 11) is 0. The maximum atomic E-state index is 12.5. The van der Waals surface area contributed by atoms with Gasteiger partial charge in [0.2, 0.25) is 5.91 Å². The summed E-state index contributed by atoms with van der Waals surface area (Å²) in [6.07, 6.45) is 0.799. The third-order valence-electron chi connectivity index (χ3n) is 4.37. The number of para-hydroxylation sites is 1. The van der Waals surface area contributed by atoms with Crippen LogP contribution < -0.4 is 10.6 Å². The lowest BCUT2D eigenvalue weighted by molar-refractivity contribution is -0.385. The van der Waals surface area contributed by atoms with E-state index in [-0.39, 0.29) is 24.1 Å². The smallest absolute Gasteiger partial charge is 0.274 e. The average molecular weight is 291 g/mol. The van der Waals surface area contributed by atoms with Crippen LogP contribution in [0.3, 0.4) is 0 Å². The second-order valence-corrected chi connectivity index (χ2v) is 5.81. The van der Waals surface area contributed by atoms with Gasteiger partial charge in [0.05, 0.1) is 10.3 Å². The van der Waals surface area contributed by atoms with E-state index >= 15 is 0 Å². The van der Waals surface area contributed by atoms with Crippen LogP contribution in [-0.4, -0.2) is 23.9 Å². The SMILES string of the molecule is CC(C)C1(C(=O)NCc2ccccc2[N+](=O)[O-])CCNC1. The molecule has 1 atom stereocenters. The minimum absolute atomic E-state index is 0.0272. The van der Waals surface area contributed by atoms with E-state index in [4.69, 9.17) is 0 Å². The molecule has 0 aliphatic carbocycles. The third kappa shape index (κ3) is 3.05. The Morgan fingerprint density at radius 1 is 1.48 bits per heavy atom. The number of carbonyl (C=O) groups excluding carboxylic acids is 1. The zero-order valence-electron chi connectivity index (χ0n) is 12.4. The summed E-state index contributed by atoms with van der Waals surface area (Å²) in [4.78, 5) is 23.1. The molecule has 6 heteroatoms. The van der Waals surface area contributed by atoms with E-state index in [1.165, 1.54) is 6.07 Å². The Morgan fingerprint density at radius 2 is 2.19 bits per heavy atom. The van der Waals surface area contributed by atoms with Crippen LogP contribution in [0.4, 0.5) is 5.69 Å².